The second-order valence-corrected chi connectivity index (χ2v) is 9.28. The van der Waals surface area contributed by atoms with Gasteiger partial charge in [0.15, 0.2) is 5.82 Å². The van der Waals surface area contributed by atoms with E-state index in [0.29, 0.717) is 49.2 Å². The van der Waals surface area contributed by atoms with Crippen LogP contribution in [0.1, 0.15) is 24.8 Å². The summed E-state index contributed by atoms with van der Waals surface area (Å²) in [7, 11) is 0. The number of carbonyl (C=O) groups is 2. The smallest absolute Gasteiger partial charge is 0.261 e. The summed E-state index contributed by atoms with van der Waals surface area (Å²) in [5, 5.41) is 4.71. The summed E-state index contributed by atoms with van der Waals surface area (Å²) in [5.74, 6) is 0.726. The molecule has 4 heterocycles. The molecule has 0 atom stereocenters. The third-order valence-electron chi connectivity index (χ3n) is 7.13. The number of hydrogen-bond acceptors (Lipinski definition) is 4. The van der Waals surface area contributed by atoms with E-state index in [4.69, 9.17) is 4.98 Å². The molecule has 1 fully saturated rings. The van der Waals surface area contributed by atoms with Crippen LogP contribution in [-0.2, 0) is 29.1 Å². The van der Waals surface area contributed by atoms with Crippen molar-refractivity contribution < 1.29 is 9.59 Å². The topological polar surface area (TPSA) is 89.2 Å². The Hall–Kier alpha value is -3.94. The molecule has 2 amide bonds. The Kier molecular flexibility index (Phi) is 5.36. The number of aryl methyl sites for hydroxylation is 1. The summed E-state index contributed by atoms with van der Waals surface area (Å²) in [6, 6.07) is 15.5. The zero-order chi connectivity index (χ0) is 23.9. The molecule has 0 unspecified atom stereocenters. The van der Waals surface area contributed by atoms with E-state index in [1.807, 2.05) is 51.9 Å². The molecule has 2 aliphatic heterocycles. The Labute approximate surface area is 202 Å². The number of aromatic nitrogens is 3. The number of likely N-dealkylation sites (tertiary alicyclic amines) is 1. The summed E-state index contributed by atoms with van der Waals surface area (Å²) < 4.78 is 3.74. The van der Waals surface area contributed by atoms with E-state index < -0.39 is 0 Å². The van der Waals surface area contributed by atoms with Crippen molar-refractivity contribution in [1.82, 2.24) is 24.3 Å². The van der Waals surface area contributed by atoms with Crippen LogP contribution < -0.4 is 10.9 Å². The van der Waals surface area contributed by atoms with Crippen LogP contribution in [0, 0.1) is 0 Å². The zero-order valence-corrected chi connectivity index (χ0v) is 19.5. The average Bonchev–Trinajstić information content (AvgIpc) is 3.43. The summed E-state index contributed by atoms with van der Waals surface area (Å²) in [6.07, 6.45) is 2.99. The fourth-order valence-electron chi connectivity index (χ4n) is 5.47. The van der Waals surface area contributed by atoms with E-state index in [1.165, 1.54) is 0 Å². The van der Waals surface area contributed by atoms with Gasteiger partial charge in [0.1, 0.15) is 6.54 Å². The molecule has 0 saturated carbocycles. The highest BCUT2D eigenvalue weighted by atomic mass is 16.2. The molecule has 178 valence electrons. The van der Waals surface area contributed by atoms with Gasteiger partial charge in [-0.25, -0.2) is 4.98 Å². The fraction of sp³-hybridized carbons (Fsp3) is 0.333. The van der Waals surface area contributed by atoms with Crippen molar-refractivity contribution in [3.05, 3.63) is 64.4 Å². The van der Waals surface area contributed by atoms with Crippen LogP contribution >= 0.6 is 0 Å². The Bertz CT molecular complexity index is 1530. The molecule has 6 rings (SSSR count). The fourth-order valence-corrected chi connectivity index (χ4v) is 5.47. The van der Waals surface area contributed by atoms with Crippen molar-refractivity contribution in [1.29, 1.82) is 0 Å². The largest absolute Gasteiger partial charge is 0.354 e. The zero-order valence-electron chi connectivity index (χ0n) is 19.5. The highest BCUT2D eigenvalue weighted by Crippen LogP contribution is 2.36. The molecule has 8 nitrogen and oxygen atoms in total. The Morgan fingerprint density at radius 1 is 0.971 bits per heavy atom. The molecule has 1 N–H and O–H groups in total. The van der Waals surface area contributed by atoms with E-state index in [0.717, 1.165) is 41.5 Å². The average molecular weight is 470 g/mol. The van der Waals surface area contributed by atoms with Crippen molar-refractivity contribution in [2.24, 2.45) is 0 Å². The van der Waals surface area contributed by atoms with Crippen LogP contribution in [0.5, 0.6) is 0 Å². The number of para-hydroxylation sites is 2. The van der Waals surface area contributed by atoms with Crippen LogP contribution in [0.2, 0.25) is 0 Å². The summed E-state index contributed by atoms with van der Waals surface area (Å²) in [6.45, 7) is 2.71. The number of nitrogens with zero attached hydrogens (tertiary/aromatic N) is 4. The molecule has 35 heavy (non-hydrogen) atoms. The molecule has 2 aromatic heterocycles. The van der Waals surface area contributed by atoms with Gasteiger partial charge in [0, 0.05) is 43.5 Å². The predicted molar refractivity (Wildman–Crippen MR) is 134 cm³/mol. The molecule has 4 aromatic rings. The van der Waals surface area contributed by atoms with Crippen LogP contribution in [-0.4, -0.2) is 50.5 Å². The number of rotatable bonds is 6. The van der Waals surface area contributed by atoms with Crippen molar-refractivity contribution in [2.45, 2.75) is 38.8 Å². The quantitative estimate of drug-likeness (QED) is 0.440. The first-order valence-electron chi connectivity index (χ1n) is 12.3. The molecule has 1 saturated heterocycles. The van der Waals surface area contributed by atoms with Crippen molar-refractivity contribution in [2.75, 3.05) is 19.6 Å². The second kappa shape index (κ2) is 8.69. The van der Waals surface area contributed by atoms with Crippen molar-refractivity contribution in [3.63, 3.8) is 0 Å². The Balaban J connectivity index is 1.32. The molecule has 0 spiro atoms. The monoisotopic (exact) mass is 469 g/mol. The van der Waals surface area contributed by atoms with E-state index in [2.05, 4.69) is 11.4 Å². The van der Waals surface area contributed by atoms with Gasteiger partial charge < -0.3 is 14.8 Å². The number of amides is 2. The molecule has 2 aliphatic rings. The SMILES string of the molecule is O=C(Cn1c2c(c3ccccc31)CCn1c-2nc2ccccc2c1=O)NCCCN1CCCC1=O. The Morgan fingerprint density at radius 2 is 1.77 bits per heavy atom. The van der Waals surface area contributed by atoms with Crippen LogP contribution in [0.25, 0.3) is 33.3 Å². The van der Waals surface area contributed by atoms with E-state index in [9.17, 15) is 14.4 Å². The third-order valence-corrected chi connectivity index (χ3v) is 7.13. The predicted octanol–water partition coefficient (Wildman–Crippen LogP) is 2.70. The van der Waals surface area contributed by atoms with Gasteiger partial charge in [-0.3, -0.25) is 19.0 Å². The summed E-state index contributed by atoms with van der Waals surface area (Å²) in [4.78, 5) is 44.8. The minimum absolute atomic E-state index is 0.0473. The summed E-state index contributed by atoms with van der Waals surface area (Å²) >= 11 is 0. The maximum Gasteiger partial charge on any atom is 0.261 e. The number of nitrogens with one attached hydrogen (secondary N) is 1. The molecule has 0 radical (unpaired) electrons. The lowest BCUT2D eigenvalue weighted by Gasteiger charge is -2.21. The lowest BCUT2D eigenvalue weighted by Crippen LogP contribution is -2.33. The van der Waals surface area contributed by atoms with Gasteiger partial charge >= 0.3 is 0 Å². The number of fused-ring (bicyclic) bond motifs is 6. The molecule has 8 heteroatoms. The maximum absolute atomic E-state index is 13.2. The van der Waals surface area contributed by atoms with E-state index in [1.54, 1.807) is 4.57 Å². The van der Waals surface area contributed by atoms with E-state index in [-0.39, 0.29) is 23.9 Å². The standard InChI is InChI=1S/C27H27N5O3/c33-23(28-13-6-15-30-14-5-11-24(30)34)17-32-22-10-4-2-7-18(22)19-12-16-31-26(25(19)32)29-21-9-3-1-8-20(21)27(31)35/h1-4,7-10H,5-6,11-17H2,(H,28,33). The van der Waals surface area contributed by atoms with Gasteiger partial charge in [-0.15, -0.1) is 0 Å². The first kappa shape index (κ1) is 21.6. The van der Waals surface area contributed by atoms with Gasteiger partial charge in [-0.2, -0.15) is 0 Å². The molecule has 0 bridgehead atoms. The first-order valence-corrected chi connectivity index (χ1v) is 12.3. The van der Waals surface area contributed by atoms with Crippen LogP contribution in [0.3, 0.4) is 0 Å². The van der Waals surface area contributed by atoms with Gasteiger partial charge in [-0.1, -0.05) is 30.3 Å². The normalized spacial score (nSPS) is 15.0. The van der Waals surface area contributed by atoms with Gasteiger partial charge in [-0.05, 0) is 43.0 Å². The van der Waals surface area contributed by atoms with Gasteiger partial charge in [0.2, 0.25) is 11.8 Å². The van der Waals surface area contributed by atoms with E-state index >= 15 is 0 Å². The summed E-state index contributed by atoms with van der Waals surface area (Å²) in [5.41, 5.74) is 3.55. The molecular weight excluding hydrogens is 442 g/mol. The highest BCUT2D eigenvalue weighted by Gasteiger charge is 2.28. The lowest BCUT2D eigenvalue weighted by atomic mass is 10.0. The molecule has 0 aliphatic carbocycles. The lowest BCUT2D eigenvalue weighted by molar-refractivity contribution is -0.127. The van der Waals surface area contributed by atoms with Gasteiger partial charge in [0.25, 0.3) is 5.56 Å². The minimum atomic E-state index is -0.0958. The number of hydrogen-bond donors (Lipinski definition) is 1. The highest BCUT2D eigenvalue weighted by molar-refractivity contribution is 5.93. The van der Waals surface area contributed by atoms with Crippen LogP contribution in [0.4, 0.5) is 0 Å². The minimum Gasteiger partial charge on any atom is -0.354 e. The third kappa shape index (κ3) is 3.69. The van der Waals surface area contributed by atoms with Crippen molar-refractivity contribution in [3.8, 4) is 11.5 Å². The second-order valence-electron chi connectivity index (χ2n) is 9.28. The molecule has 2 aromatic carbocycles. The number of benzene rings is 2. The first-order chi connectivity index (χ1) is 17.1. The Morgan fingerprint density at radius 3 is 2.60 bits per heavy atom. The number of carbonyl (C=O) groups excluding carboxylic acids is 2. The molecular formula is C27H27N5O3. The maximum atomic E-state index is 13.2. The van der Waals surface area contributed by atoms with Crippen molar-refractivity contribution >= 4 is 33.6 Å². The van der Waals surface area contributed by atoms with Crippen LogP contribution in [0.15, 0.2) is 53.3 Å². The van der Waals surface area contributed by atoms with Gasteiger partial charge in [0.05, 0.1) is 16.6 Å².